The highest BCUT2D eigenvalue weighted by atomic mass is 35.5. The molecule has 0 aliphatic rings. The van der Waals surface area contributed by atoms with Crippen molar-refractivity contribution in [2.75, 3.05) is 0 Å². The summed E-state index contributed by atoms with van der Waals surface area (Å²) in [6.07, 6.45) is 3.24. The number of nitrogens with zero attached hydrogens (tertiary/aromatic N) is 4. The van der Waals surface area contributed by atoms with E-state index in [1.54, 1.807) is 30.6 Å². The maximum atomic E-state index is 12.3. The number of hydrogen-bond donors (Lipinski definition) is 1. The van der Waals surface area contributed by atoms with E-state index in [4.69, 9.17) is 23.2 Å². The van der Waals surface area contributed by atoms with E-state index in [-0.39, 0.29) is 24.3 Å². The summed E-state index contributed by atoms with van der Waals surface area (Å²) in [5.41, 5.74) is 1.22. The quantitative estimate of drug-likeness (QED) is 0.754. The van der Waals surface area contributed by atoms with Crippen molar-refractivity contribution < 1.29 is 4.79 Å². The summed E-state index contributed by atoms with van der Waals surface area (Å²) in [4.78, 5) is 28.6. The number of aryl methyl sites for hydroxylation is 1. The Labute approximate surface area is 153 Å². The van der Waals surface area contributed by atoms with Crippen LogP contribution in [0, 0.1) is 6.92 Å². The Morgan fingerprint density at radius 2 is 2.08 bits per heavy atom. The maximum absolute atomic E-state index is 12.3. The van der Waals surface area contributed by atoms with Crippen LogP contribution in [0.25, 0.3) is 5.78 Å². The largest absolute Gasteiger partial charge is 0.352 e. The van der Waals surface area contributed by atoms with Crippen LogP contribution in [0.5, 0.6) is 0 Å². The molecule has 3 rings (SSSR count). The number of nitrogens with one attached hydrogen (secondary N) is 1. The van der Waals surface area contributed by atoms with E-state index in [0.717, 1.165) is 15.8 Å². The summed E-state index contributed by atoms with van der Waals surface area (Å²) in [7, 11) is 0. The molecule has 3 aromatic rings. The van der Waals surface area contributed by atoms with Crippen LogP contribution in [0.4, 0.5) is 0 Å². The molecule has 0 radical (unpaired) electrons. The molecule has 2 aromatic heterocycles. The summed E-state index contributed by atoms with van der Waals surface area (Å²) in [6, 6.07) is 4.85. The lowest BCUT2D eigenvalue weighted by Crippen LogP contribution is -2.34. The number of carbonyl (C=O) groups is 1. The smallest absolute Gasteiger partial charge is 0.348 e. The van der Waals surface area contributed by atoms with E-state index in [1.165, 1.54) is 4.40 Å². The molecule has 9 heteroatoms. The fourth-order valence-electron chi connectivity index (χ4n) is 2.40. The second-order valence-electron chi connectivity index (χ2n) is 5.70. The Bertz CT molecular complexity index is 1010. The molecule has 7 nitrogen and oxygen atoms in total. The first kappa shape index (κ1) is 17.4. The van der Waals surface area contributed by atoms with Crippen molar-refractivity contribution in [3.63, 3.8) is 0 Å². The van der Waals surface area contributed by atoms with Gasteiger partial charge >= 0.3 is 5.69 Å². The van der Waals surface area contributed by atoms with Crippen molar-refractivity contribution in [3.8, 4) is 0 Å². The van der Waals surface area contributed by atoms with E-state index in [1.807, 2.05) is 13.8 Å². The van der Waals surface area contributed by atoms with E-state index in [0.29, 0.717) is 10.0 Å². The van der Waals surface area contributed by atoms with Crippen molar-refractivity contribution in [3.05, 3.63) is 62.2 Å². The van der Waals surface area contributed by atoms with Crippen molar-refractivity contribution in [1.29, 1.82) is 0 Å². The van der Waals surface area contributed by atoms with Gasteiger partial charge in [-0.2, -0.15) is 0 Å². The second kappa shape index (κ2) is 6.85. The number of benzene rings is 1. The van der Waals surface area contributed by atoms with E-state index in [2.05, 4.69) is 15.4 Å². The summed E-state index contributed by atoms with van der Waals surface area (Å²) in [6.45, 7) is 3.43. The van der Waals surface area contributed by atoms with Crippen molar-refractivity contribution >= 4 is 34.9 Å². The molecule has 1 aromatic carbocycles. The normalized spacial score (nSPS) is 12.3. The third kappa shape index (κ3) is 3.67. The van der Waals surface area contributed by atoms with Crippen LogP contribution < -0.4 is 11.0 Å². The van der Waals surface area contributed by atoms with Gasteiger partial charge in [0, 0.05) is 12.4 Å². The highest BCUT2D eigenvalue weighted by molar-refractivity contribution is 6.42. The van der Waals surface area contributed by atoms with Crippen LogP contribution in [-0.2, 0) is 11.3 Å². The fraction of sp³-hybridized carbons (Fsp3) is 0.250. The standard InChI is InChI=1S/C16H15Cl2N5O2/c1-9-6-19-15-21-23(16(25)22(15)7-9)8-14(24)20-10(2)11-3-4-12(17)13(18)5-11/h3-7,10H,8H2,1-2H3,(H,20,24)/t10-/m0/s1. The lowest BCUT2D eigenvalue weighted by atomic mass is 10.1. The molecule has 0 saturated heterocycles. The molecule has 0 saturated carbocycles. The molecule has 1 atom stereocenters. The summed E-state index contributed by atoms with van der Waals surface area (Å²) >= 11 is 11.9. The minimum atomic E-state index is -0.413. The second-order valence-corrected chi connectivity index (χ2v) is 6.52. The summed E-state index contributed by atoms with van der Waals surface area (Å²) in [5.74, 6) is -0.0956. The predicted octanol–water partition coefficient (Wildman–Crippen LogP) is 2.38. The highest BCUT2D eigenvalue weighted by Crippen LogP contribution is 2.25. The molecular formula is C16H15Cl2N5O2. The number of fused-ring (bicyclic) bond motifs is 1. The van der Waals surface area contributed by atoms with Crippen LogP contribution in [0.1, 0.15) is 24.1 Å². The number of rotatable bonds is 4. The zero-order chi connectivity index (χ0) is 18.1. The van der Waals surface area contributed by atoms with Gasteiger partial charge in [-0.1, -0.05) is 29.3 Å². The van der Waals surface area contributed by atoms with Crippen LogP contribution in [0.15, 0.2) is 35.4 Å². The molecule has 0 aliphatic heterocycles. The first-order chi connectivity index (χ1) is 11.8. The Kier molecular flexibility index (Phi) is 4.78. The minimum Gasteiger partial charge on any atom is -0.348 e. The fourth-order valence-corrected chi connectivity index (χ4v) is 2.70. The van der Waals surface area contributed by atoms with Gasteiger partial charge in [0.2, 0.25) is 5.91 Å². The van der Waals surface area contributed by atoms with Crippen molar-refractivity contribution in [2.24, 2.45) is 0 Å². The molecule has 0 fully saturated rings. The zero-order valence-electron chi connectivity index (χ0n) is 13.5. The van der Waals surface area contributed by atoms with Gasteiger partial charge in [-0.3, -0.25) is 4.79 Å². The molecular weight excluding hydrogens is 365 g/mol. The average Bonchev–Trinajstić information content (AvgIpc) is 2.86. The highest BCUT2D eigenvalue weighted by Gasteiger charge is 2.15. The first-order valence-corrected chi connectivity index (χ1v) is 8.27. The van der Waals surface area contributed by atoms with E-state index in [9.17, 15) is 9.59 Å². The van der Waals surface area contributed by atoms with Crippen LogP contribution in [0.3, 0.4) is 0 Å². The molecule has 25 heavy (non-hydrogen) atoms. The van der Waals surface area contributed by atoms with Gasteiger partial charge in [0.25, 0.3) is 5.78 Å². The summed E-state index contributed by atoms with van der Waals surface area (Å²) < 4.78 is 2.39. The molecule has 130 valence electrons. The monoisotopic (exact) mass is 379 g/mol. The SMILES string of the molecule is Cc1cnc2nn(CC(=O)N[C@@H](C)c3ccc(Cl)c(Cl)c3)c(=O)n2c1. The van der Waals surface area contributed by atoms with Gasteiger partial charge < -0.3 is 5.32 Å². The van der Waals surface area contributed by atoms with Gasteiger partial charge in [-0.05, 0) is 37.1 Å². The lowest BCUT2D eigenvalue weighted by molar-refractivity contribution is -0.122. The van der Waals surface area contributed by atoms with Gasteiger partial charge in [-0.15, -0.1) is 5.10 Å². The van der Waals surface area contributed by atoms with Gasteiger partial charge in [-0.25, -0.2) is 18.9 Å². The Balaban J connectivity index is 1.75. The minimum absolute atomic E-state index is 0.201. The molecule has 0 spiro atoms. The number of halogens is 2. The maximum Gasteiger partial charge on any atom is 0.352 e. The predicted molar refractivity (Wildman–Crippen MR) is 95.0 cm³/mol. The van der Waals surface area contributed by atoms with Gasteiger partial charge in [0.1, 0.15) is 6.54 Å². The lowest BCUT2D eigenvalue weighted by Gasteiger charge is -2.14. The molecule has 2 heterocycles. The third-order valence-electron chi connectivity index (χ3n) is 3.68. The van der Waals surface area contributed by atoms with Crippen molar-refractivity contribution in [2.45, 2.75) is 26.4 Å². The molecule has 0 aliphatic carbocycles. The first-order valence-electron chi connectivity index (χ1n) is 7.51. The Morgan fingerprint density at radius 3 is 2.80 bits per heavy atom. The number of amides is 1. The molecule has 1 N–H and O–H groups in total. The number of aromatic nitrogens is 4. The van der Waals surface area contributed by atoms with Gasteiger partial charge in [0.05, 0.1) is 16.1 Å². The third-order valence-corrected chi connectivity index (χ3v) is 4.42. The van der Waals surface area contributed by atoms with E-state index >= 15 is 0 Å². The summed E-state index contributed by atoms with van der Waals surface area (Å²) in [5, 5.41) is 7.72. The topological polar surface area (TPSA) is 81.3 Å². The van der Waals surface area contributed by atoms with E-state index < -0.39 is 5.69 Å². The van der Waals surface area contributed by atoms with Crippen LogP contribution in [-0.4, -0.2) is 25.1 Å². The average molecular weight is 380 g/mol. The zero-order valence-corrected chi connectivity index (χ0v) is 15.0. The van der Waals surface area contributed by atoms with Crippen LogP contribution >= 0.6 is 23.2 Å². The Hall–Kier alpha value is -2.38. The number of carbonyl (C=O) groups excluding carboxylic acids is 1. The number of hydrogen-bond acceptors (Lipinski definition) is 4. The van der Waals surface area contributed by atoms with Gasteiger partial charge in [0.15, 0.2) is 0 Å². The Morgan fingerprint density at radius 1 is 1.32 bits per heavy atom. The van der Waals surface area contributed by atoms with Crippen LogP contribution in [0.2, 0.25) is 10.0 Å². The van der Waals surface area contributed by atoms with Crippen molar-refractivity contribution in [1.82, 2.24) is 24.5 Å². The molecule has 0 bridgehead atoms. The molecule has 0 unspecified atom stereocenters. The molecule has 1 amide bonds.